The predicted octanol–water partition coefficient (Wildman–Crippen LogP) is 2.56. The summed E-state index contributed by atoms with van der Waals surface area (Å²) >= 11 is 0. The Labute approximate surface area is 160 Å². The maximum absolute atomic E-state index is 15.2. The van der Waals surface area contributed by atoms with Crippen molar-refractivity contribution in [2.45, 2.75) is 6.42 Å². The van der Waals surface area contributed by atoms with Gasteiger partial charge in [-0.1, -0.05) is 0 Å². The van der Waals surface area contributed by atoms with Crippen molar-refractivity contribution in [3.05, 3.63) is 51.3 Å². The number of carbonyl (C=O) groups is 2. The fourth-order valence-electron chi connectivity index (χ4n) is 3.19. The van der Waals surface area contributed by atoms with Crippen LogP contribution in [-0.2, 0) is 16.0 Å². The van der Waals surface area contributed by atoms with Crippen molar-refractivity contribution in [3.63, 3.8) is 0 Å². The second kappa shape index (κ2) is 6.96. The third-order valence-corrected chi connectivity index (χ3v) is 4.52. The molecule has 2 aromatic carbocycles. The number of nitrogens with two attached hydrogens (primary N) is 1. The van der Waals surface area contributed by atoms with E-state index in [1.807, 2.05) is 0 Å². The zero-order valence-corrected chi connectivity index (χ0v) is 14.7. The number of hydrogen-bond acceptors (Lipinski definition) is 6. The molecule has 9 nitrogen and oxygen atoms in total. The number of nitro benzene ring substituents is 1. The smallest absolute Gasteiger partial charge is 0.316 e. The van der Waals surface area contributed by atoms with Crippen LogP contribution in [0.25, 0.3) is 0 Å². The van der Waals surface area contributed by atoms with Crippen LogP contribution in [0.1, 0.15) is 5.56 Å². The number of carbonyl (C=O) groups excluding carboxylic acids is 1. The van der Waals surface area contributed by atoms with E-state index in [1.165, 1.54) is 7.05 Å². The highest BCUT2D eigenvalue weighted by molar-refractivity contribution is 6.13. The van der Waals surface area contributed by atoms with Crippen LogP contribution < -0.4 is 16.0 Å². The maximum Gasteiger partial charge on any atom is 0.316 e. The molecule has 0 saturated carbocycles. The monoisotopic (exact) mass is 410 g/mol. The molecule has 0 radical (unpaired) electrons. The molecule has 4 N–H and O–H groups in total. The quantitative estimate of drug-likeness (QED) is 0.305. The molecule has 2 aromatic rings. The Hall–Kier alpha value is -3.83. The summed E-state index contributed by atoms with van der Waals surface area (Å²) in [5.41, 5.74) is 2.11. The van der Waals surface area contributed by atoms with Crippen molar-refractivity contribution in [1.82, 2.24) is 0 Å². The number of hydrogen-bond donors (Lipinski definition) is 3. The SMILES string of the molecule is CNc1c([N+](=O)[O-])cc2c(c1F)N(c1cc(N)c(F)cc1F)C(=O)C(C(=O)O)C2. The minimum absolute atomic E-state index is 0.206. The van der Waals surface area contributed by atoms with Crippen LogP contribution in [0, 0.1) is 33.5 Å². The molecule has 1 aliphatic heterocycles. The first-order valence-corrected chi connectivity index (χ1v) is 8.07. The number of carboxylic acids is 1. The molecule has 1 unspecified atom stereocenters. The number of nitro groups is 1. The molecule has 1 atom stereocenters. The van der Waals surface area contributed by atoms with Crippen LogP contribution in [0.4, 0.5) is 41.6 Å². The lowest BCUT2D eigenvalue weighted by Crippen LogP contribution is -2.43. The maximum atomic E-state index is 15.2. The van der Waals surface area contributed by atoms with Crippen LogP contribution in [0.2, 0.25) is 0 Å². The van der Waals surface area contributed by atoms with E-state index in [0.29, 0.717) is 11.0 Å². The van der Waals surface area contributed by atoms with Crippen LogP contribution in [0.3, 0.4) is 0 Å². The van der Waals surface area contributed by atoms with Gasteiger partial charge >= 0.3 is 5.97 Å². The summed E-state index contributed by atoms with van der Waals surface area (Å²) < 4.78 is 43.2. The van der Waals surface area contributed by atoms with Gasteiger partial charge in [0.15, 0.2) is 11.5 Å². The summed E-state index contributed by atoms with van der Waals surface area (Å²) in [5.74, 6) is -8.27. The highest BCUT2D eigenvalue weighted by atomic mass is 19.1. The van der Waals surface area contributed by atoms with Gasteiger partial charge in [-0.15, -0.1) is 0 Å². The molecule has 1 heterocycles. The second-order valence-corrected chi connectivity index (χ2v) is 6.19. The first kappa shape index (κ1) is 19.9. The Morgan fingerprint density at radius 1 is 1.31 bits per heavy atom. The predicted molar refractivity (Wildman–Crippen MR) is 95.3 cm³/mol. The lowest BCUT2D eigenvalue weighted by Gasteiger charge is -2.33. The van der Waals surface area contributed by atoms with Gasteiger partial charge in [-0.2, -0.15) is 0 Å². The van der Waals surface area contributed by atoms with Crippen molar-refractivity contribution in [3.8, 4) is 0 Å². The fraction of sp³-hybridized carbons (Fsp3) is 0.176. The van der Waals surface area contributed by atoms with Gasteiger partial charge in [0.1, 0.15) is 17.6 Å². The average Bonchev–Trinajstić information content (AvgIpc) is 2.64. The Morgan fingerprint density at radius 2 is 1.97 bits per heavy atom. The van der Waals surface area contributed by atoms with Crippen LogP contribution in [0.15, 0.2) is 18.2 Å². The Balaban J connectivity index is 2.38. The van der Waals surface area contributed by atoms with E-state index in [1.54, 1.807) is 0 Å². The molecule has 3 rings (SSSR count). The van der Waals surface area contributed by atoms with Gasteiger partial charge in [0.25, 0.3) is 5.69 Å². The van der Waals surface area contributed by atoms with Gasteiger partial charge in [0, 0.05) is 19.2 Å². The Morgan fingerprint density at radius 3 is 2.52 bits per heavy atom. The molecular weight excluding hydrogens is 397 g/mol. The van der Waals surface area contributed by atoms with Gasteiger partial charge in [0.2, 0.25) is 5.91 Å². The summed E-state index contributed by atoms with van der Waals surface area (Å²) in [5, 5.41) is 22.9. The second-order valence-electron chi connectivity index (χ2n) is 6.19. The number of fused-ring (bicyclic) bond motifs is 1. The molecule has 29 heavy (non-hydrogen) atoms. The fourth-order valence-corrected chi connectivity index (χ4v) is 3.19. The number of anilines is 4. The molecule has 152 valence electrons. The molecular formula is C17H13F3N4O5. The van der Waals surface area contributed by atoms with Crippen molar-refractivity contribution >= 4 is 40.3 Å². The van der Waals surface area contributed by atoms with E-state index in [0.717, 1.165) is 12.1 Å². The highest BCUT2D eigenvalue weighted by Crippen LogP contribution is 2.45. The molecule has 0 aromatic heterocycles. The number of carboxylic acid groups (broad SMARTS) is 1. The number of nitrogens with one attached hydrogen (secondary N) is 1. The molecule has 0 spiro atoms. The van der Waals surface area contributed by atoms with Gasteiger partial charge < -0.3 is 16.2 Å². The van der Waals surface area contributed by atoms with Crippen LogP contribution in [0.5, 0.6) is 0 Å². The van der Waals surface area contributed by atoms with Crippen LogP contribution in [-0.4, -0.2) is 29.0 Å². The largest absolute Gasteiger partial charge is 0.481 e. The number of benzene rings is 2. The molecule has 0 aliphatic carbocycles. The highest BCUT2D eigenvalue weighted by Gasteiger charge is 2.43. The first-order chi connectivity index (χ1) is 13.6. The molecule has 12 heteroatoms. The van der Waals surface area contributed by atoms with Gasteiger partial charge in [-0.3, -0.25) is 24.6 Å². The zero-order chi connectivity index (χ0) is 21.6. The van der Waals surface area contributed by atoms with Crippen molar-refractivity contribution in [1.29, 1.82) is 0 Å². The molecule has 0 bridgehead atoms. The number of amides is 1. The number of nitrogen functional groups attached to an aromatic ring is 1. The normalized spacial score (nSPS) is 15.8. The number of rotatable bonds is 4. The molecule has 1 amide bonds. The average molecular weight is 410 g/mol. The summed E-state index contributed by atoms with van der Waals surface area (Å²) in [4.78, 5) is 35.1. The minimum atomic E-state index is -1.77. The summed E-state index contributed by atoms with van der Waals surface area (Å²) in [6.45, 7) is 0. The summed E-state index contributed by atoms with van der Waals surface area (Å²) in [6.07, 6.45) is -0.556. The van der Waals surface area contributed by atoms with Gasteiger partial charge in [0.05, 0.1) is 22.0 Å². The minimum Gasteiger partial charge on any atom is -0.481 e. The summed E-state index contributed by atoms with van der Waals surface area (Å²) in [6, 6.07) is 1.99. The van der Waals surface area contributed by atoms with E-state index in [2.05, 4.69) is 5.32 Å². The number of nitrogens with zero attached hydrogens (tertiary/aromatic N) is 2. The zero-order valence-electron chi connectivity index (χ0n) is 14.7. The van der Waals surface area contributed by atoms with E-state index in [-0.39, 0.29) is 5.56 Å². The third-order valence-electron chi connectivity index (χ3n) is 4.52. The van der Waals surface area contributed by atoms with E-state index in [9.17, 15) is 33.6 Å². The lowest BCUT2D eigenvalue weighted by atomic mass is 9.90. The number of aliphatic carboxylic acids is 1. The third kappa shape index (κ3) is 3.07. The van der Waals surface area contributed by atoms with E-state index < -0.39 is 75.0 Å². The topological polar surface area (TPSA) is 139 Å². The van der Waals surface area contributed by atoms with E-state index in [4.69, 9.17) is 5.73 Å². The molecule has 1 aliphatic rings. The summed E-state index contributed by atoms with van der Waals surface area (Å²) in [7, 11) is 1.20. The van der Waals surface area contributed by atoms with E-state index >= 15 is 4.39 Å². The number of halogens is 3. The van der Waals surface area contributed by atoms with Gasteiger partial charge in [-0.05, 0) is 18.1 Å². The standard InChI is InChI=1S/C17H13F3N4O5/c1-22-14-12(24(28)29)3-6-2-7(17(26)27)16(25)23(15(6)13(14)20)11-5-10(21)8(18)4-9(11)19/h3-5,7,22H,2,21H2,1H3,(H,26,27). The Bertz CT molecular complexity index is 1080. The van der Waals surface area contributed by atoms with Crippen LogP contribution >= 0.6 is 0 Å². The van der Waals surface area contributed by atoms with Crippen molar-refractivity contribution in [2.75, 3.05) is 23.0 Å². The molecule has 0 fully saturated rings. The lowest BCUT2D eigenvalue weighted by molar-refractivity contribution is -0.384. The molecule has 0 saturated heterocycles. The van der Waals surface area contributed by atoms with Gasteiger partial charge in [-0.25, -0.2) is 13.2 Å². The Kier molecular flexibility index (Phi) is 4.78. The van der Waals surface area contributed by atoms with Crippen molar-refractivity contribution < 1.29 is 32.8 Å². The first-order valence-electron chi connectivity index (χ1n) is 8.07. The van der Waals surface area contributed by atoms with Crippen molar-refractivity contribution in [2.24, 2.45) is 5.92 Å².